The van der Waals surface area contributed by atoms with E-state index in [0.29, 0.717) is 10.6 Å². The fourth-order valence-electron chi connectivity index (χ4n) is 2.52. The van der Waals surface area contributed by atoms with Gasteiger partial charge in [-0.25, -0.2) is 4.79 Å². The maximum absolute atomic E-state index is 12.4. The number of carbonyl (C=O) groups excluding carboxylic acids is 3. The molecule has 2 heterocycles. The zero-order valence-electron chi connectivity index (χ0n) is 11.7. The van der Waals surface area contributed by atoms with Gasteiger partial charge in [-0.05, 0) is 18.2 Å². The fraction of sp³-hybridized carbons (Fsp3) is 0. The molecule has 0 bridgehead atoms. The minimum atomic E-state index is -0.725. The second-order valence-corrected chi connectivity index (χ2v) is 5.89. The molecule has 0 atom stereocenters. The first kappa shape index (κ1) is 13.7. The van der Waals surface area contributed by atoms with E-state index in [1.807, 2.05) is 18.2 Å². The van der Waals surface area contributed by atoms with Crippen LogP contribution in [0, 0.1) is 0 Å². The van der Waals surface area contributed by atoms with Crippen molar-refractivity contribution in [3.8, 4) is 0 Å². The van der Waals surface area contributed by atoms with Crippen LogP contribution in [0.3, 0.4) is 0 Å². The lowest BCUT2D eigenvalue weighted by atomic mass is 10.1. The molecule has 2 amide bonds. The van der Waals surface area contributed by atoms with E-state index in [1.54, 1.807) is 23.6 Å². The highest BCUT2D eigenvalue weighted by atomic mass is 32.1. The summed E-state index contributed by atoms with van der Waals surface area (Å²) in [5.41, 5.74) is 0.808. The van der Waals surface area contributed by atoms with Crippen molar-refractivity contribution in [3.63, 3.8) is 0 Å². The first-order valence-electron chi connectivity index (χ1n) is 6.83. The van der Waals surface area contributed by atoms with E-state index < -0.39 is 17.8 Å². The van der Waals surface area contributed by atoms with Gasteiger partial charge in [-0.15, -0.1) is 11.3 Å². The summed E-state index contributed by atoms with van der Waals surface area (Å²) in [6.45, 7) is 0. The van der Waals surface area contributed by atoms with Crippen LogP contribution in [0.15, 0.2) is 53.9 Å². The molecule has 3 aromatic rings. The molecule has 0 unspecified atom stereocenters. The monoisotopic (exact) mass is 323 g/mol. The Morgan fingerprint density at radius 2 is 1.52 bits per heavy atom. The molecule has 1 aliphatic rings. The molecule has 1 aliphatic heterocycles. The predicted octanol–water partition coefficient (Wildman–Crippen LogP) is 3.27. The number of imide groups is 1. The molecule has 0 saturated heterocycles. The molecule has 6 heteroatoms. The number of nitrogens with zero attached hydrogens (tertiary/aromatic N) is 1. The molecule has 4 rings (SSSR count). The summed E-state index contributed by atoms with van der Waals surface area (Å²) in [5.74, 6) is -1.98. The van der Waals surface area contributed by atoms with Crippen molar-refractivity contribution in [2.45, 2.75) is 0 Å². The average molecular weight is 323 g/mol. The van der Waals surface area contributed by atoms with Gasteiger partial charge in [-0.1, -0.05) is 35.4 Å². The van der Waals surface area contributed by atoms with Crippen LogP contribution in [-0.4, -0.2) is 22.8 Å². The Balaban J connectivity index is 1.65. The summed E-state index contributed by atoms with van der Waals surface area (Å²) in [4.78, 5) is 41.8. The second kappa shape index (κ2) is 5.03. The van der Waals surface area contributed by atoms with Crippen LogP contribution in [0.5, 0.6) is 0 Å². The van der Waals surface area contributed by atoms with Gasteiger partial charge in [-0.3, -0.25) is 9.59 Å². The summed E-state index contributed by atoms with van der Waals surface area (Å²) in [6.07, 6.45) is 0. The summed E-state index contributed by atoms with van der Waals surface area (Å²) < 4.78 is 0.932. The predicted molar refractivity (Wildman–Crippen MR) is 84.2 cm³/mol. The number of carbonyl (C=O) groups is 3. The van der Waals surface area contributed by atoms with Crippen molar-refractivity contribution in [1.29, 1.82) is 0 Å². The molecule has 112 valence electrons. The van der Waals surface area contributed by atoms with Crippen LogP contribution in [0.4, 0.5) is 0 Å². The third-order valence-electron chi connectivity index (χ3n) is 3.63. The first-order chi connectivity index (χ1) is 11.2. The Morgan fingerprint density at radius 1 is 0.913 bits per heavy atom. The van der Waals surface area contributed by atoms with E-state index in [1.165, 1.54) is 23.5 Å². The average Bonchev–Trinajstić information content (AvgIpc) is 3.11. The summed E-state index contributed by atoms with van der Waals surface area (Å²) in [5, 5.41) is 2.92. The Bertz CT molecular complexity index is 940. The van der Waals surface area contributed by atoms with E-state index in [4.69, 9.17) is 4.84 Å². The Kier molecular flexibility index (Phi) is 2.99. The molecule has 1 aromatic heterocycles. The standard InChI is InChI=1S/C17H9NO4S/c19-15-11-6-1-2-7-12(11)16(20)18(15)22-17(21)13-9-23-14-8-4-3-5-10(13)14/h1-9H. The van der Waals surface area contributed by atoms with Gasteiger partial charge in [0.05, 0.1) is 16.7 Å². The van der Waals surface area contributed by atoms with E-state index >= 15 is 0 Å². The number of thiophene rings is 1. The molecule has 0 radical (unpaired) electrons. The van der Waals surface area contributed by atoms with Gasteiger partial charge in [0, 0.05) is 15.5 Å². The Labute approximate surface area is 134 Å². The van der Waals surface area contributed by atoms with Gasteiger partial charge in [0.25, 0.3) is 11.8 Å². The lowest BCUT2D eigenvalue weighted by Crippen LogP contribution is -2.32. The maximum atomic E-state index is 12.4. The van der Waals surface area contributed by atoms with Gasteiger partial charge in [0.1, 0.15) is 0 Å². The smallest absolute Gasteiger partial charge is 0.324 e. The largest absolute Gasteiger partial charge is 0.365 e. The molecule has 0 spiro atoms. The topological polar surface area (TPSA) is 63.7 Å². The van der Waals surface area contributed by atoms with Crippen LogP contribution >= 0.6 is 11.3 Å². The van der Waals surface area contributed by atoms with Crippen LogP contribution in [0.25, 0.3) is 10.1 Å². The number of fused-ring (bicyclic) bond motifs is 2. The Morgan fingerprint density at radius 3 is 2.22 bits per heavy atom. The number of hydrogen-bond acceptors (Lipinski definition) is 5. The van der Waals surface area contributed by atoms with Crippen molar-refractivity contribution >= 4 is 39.2 Å². The van der Waals surface area contributed by atoms with Gasteiger partial charge in [0.2, 0.25) is 0 Å². The molecule has 0 fully saturated rings. The molecule has 23 heavy (non-hydrogen) atoms. The highest BCUT2D eigenvalue weighted by Crippen LogP contribution is 2.28. The van der Waals surface area contributed by atoms with E-state index in [-0.39, 0.29) is 11.1 Å². The lowest BCUT2D eigenvalue weighted by molar-refractivity contribution is -0.0582. The third kappa shape index (κ3) is 2.03. The number of hydroxylamine groups is 2. The zero-order chi connectivity index (χ0) is 16.0. The molecule has 5 nitrogen and oxygen atoms in total. The van der Waals surface area contributed by atoms with Crippen molar-refractivity contribution in [3.05, 3.63) is 70.6 Å². The maximum Gasteiger partial charge on any atom is 0.365 e. The van der Waals surface area contributed by atoms with Gasteiger partial charge < -0.3 is 4.84 Å². The molecular formula is C17H9NO4S. The van der Waals surface area contributed by atoms with E-state index in [9.17, 15) is 14.4 Å². The fourth-order valence-corrected chi connectivity index (χ4v) is 3.45. The molecule has 0 saturated carbocycles. The summed E-state index contributed by atoms with van der Waals surface area (Å²) in [6, 6.07) is 13.7. The van der Waals surface area contributed by atoms with Crippen LogP contribution in [0.2, 0.25) is 0 Å². The molecular weight excluding hydrogens is 314 g/mol. The highest BCUT2D eigenvalue weighted by molar-refractivity contribution is 7.17. The second-order valence-electron chi connectivity index (χ2n) is 4.97. The van der Waals surface area contributed by atoms with Crippen LogP contribution in [0.1, 0.15) is 31.1 Å². The molecule has 0 aliphatic carbocycles. The minimum Gasteiger partial charge on any atom is -0.324 e. The number of hydrogen-bond donors (Lipinski definition) is 0. The van der Waals surface area contributed by atoms with Crippen LogP contribution in [-0.2, 0) is 4.84 Å². The first-order valence-corrected chi connectivity index (χ1v) is 7.71. The number of amides is 2. The van der Waals surface area contributed by atoms with Crippen molar-refractivity contribution in [1.82, 2.24) is 5.06 Å². The SMILES string of the molecule is O=C(ON1C(=O)c2ccccc2C1=O)c1csc2ccccc12. The minimum absolute atomic E-state index is 0.237. The molecule has 2 aromatic carbocycles. The highest BCUT2D eigenvalue weighted by Gasteiger charge is 2.39. The van der Waals surface area contributed by atoms with Gasteiger partial charge >= 0.3 is 5.97 Å². The summed E-state index contributed by atoms with van der Waals surface area (Å²) >= 11 is 1.40. The van der Waals surface area contributed by atoms with Crippen molar-refractivity contribution in [2.75, 3.05) is 0 Å². The Hall–Kier alpha value is -2.99. The lowest BCUT2D eigenvalue weighted by Gasteiger charge is -2.12. The third-order valence-corrected chi connectivity index (χ3v) is 4.60. The summed E-state index contributed by atoms with van der Waals surface area (Å²) in [7, 11) is 0. The van der Waals surface area contributed by atoms with Crippen molar-refractivity contribution < 1.29 is 19.2 Å². The van der Waals surface area contributed by atoms with Crippen LogP contribution < -0.4 is 0 Å². The quantitative estimate of drug-likeness (QED) is 0.679. The van der Waals surface area contributed by atoms with E-state index in [2.05, 4.69) is 0 Å². The van der Waals surface area contributed by atoms with Gasteiger partial charge in [0.15, 0.2) is 0 Å². The van der Waals surface area contributed by atoms with Gasteiger partial charge in [-0.2, -0.15) is 0 Å². The molecule has 0 N–H and O–H groups in total. The van der Waals surface area contributed by atoms with E-state index in [0.717, 1.165) is 10.1 Å². The van der Waals surface area contributed by atoms with Crippen molar-refractivity contribution in [2.24, 2.45) is 0 Å². The number of benzene rings is 2. The zero-order valence-corrected chi connectivity index (χ0v) is 12.5. The normalized spacial score (nSPS) is 13.5. The number of rotatable bonds is 2.